The number of hydrogen-bond acceptors (Lipinski definition) is 3. The van der Waals surface area contributed by atoms with Crippen LogP contribution in [0.4, 0.5) is 4.39 Å². The molecule has 0 radical (unpaired) electrons. The Kier molecular flexibility index (Phi) is 2.74. The number of rotatable bonds is 1. The average molecular weight is 225 g/mol. The molecule has 0 unspecified atom stereocenters. The summed E-state index contributed by atoms with van der Waals surface area (Å²) < 4.78 is 23.8. The Bertz CT molecular complexity index is 365. The summed E-state index contributed by atoms with van der Waals surface area (Å²) in [7, 11) is 0. The van der Waals surface area contributed by atoms with Gasteiger partial charge >= 0.3 is 0 Å². The summed E-state index contributed by atoms with van der Waals surface area (Å²) in [6.07, 6.45) is 0. The van der Waals surface area contributed by atoms with Crippen molar-refractivity contribution in [2.24, 2.45) is 5.73 Å². The van der Waals surface area contributed by atoms with E-state index in [1.807, 2.05) is 13.8 Å². The predicted molar refractivity (Wildman–Crippen MR) is 58.2 cm³/mol. The molecule has 0 amide bonds. The van der Waals surface area contributed by atoms with Crippen LogP contribution in [0.3, 0.4) is 0 Å². The van der Waals surface area contributed by atoms with Gasteiger partial charge in [0.15, 0.2) is 5.79 Å². The average Bonchev–Trinajstić information content (AvgIpc) is 2.24. The molecular formula is C12H16FNO2. The Labute approximate surface area is 94.3 Å². The van der Waals surface area contributed by atoms with Crippen LogP contribution in [0.15, 0.2) is 24.3 Å². The van der Waals surface area contributed by atoms with E-state index in [0.29, 0.717) is 13.2 Å². The smallest absolute Gasteiger partial charge is 0.162 e. The fourth-order valence-corrected chi connectivity index (χ4v) is 1.64. The van der Waals surface area contributed by atoms with E-state index in [4.69, 9.17) is 15.2 Å². The molecule has 0 spiro atoms. The molecule has 1 heterocycles. The van der Waals surface area contributed by atoms with Gasteiger partial charge in [0, 0.05) is 0 Å². The Balaban J connectivity index is 2.18. The number of ether oxygens (including phenoxy) is 2. The fourth-order valence-electron chi connectivity index (χ4n) is 1.64. The highest BCUT2D eigenvalue weighted by Crippen LogP contribution is 2.29. The molecule has 1 aliphatic heterocycles. The van der Waals surface area contributed by atoms with Gasteiger partial charge in [-0.1, -0.05) is 12.1 Å². The minimum Gasteiger partial charge on any atom is -0.348 e. The van der Waals surface area contributed by atoms with Gasteiger partial charge in [-0.2, -0.15) is 0 Å². The van der Waals surface area contributed by atoms with E-state index < -0.39 is 11.3 Å². The van der Waals surface area contributed by atoms with Crippen molar-refractivity contribution >= 4 is 0 Å². The molecule has 0 bridgehead atoms. The van der Waals surface area contributed by atoms with E-state index in [1.54, 1.807) is 12.1 Å². The lowest BCUT2D eigenvalue weighted by molar-refractivity contribution is -0.268. The molecule has 16 heavy (non-hydrogen) atoms. The molecule has 1 saturated heterocycles. The molecule has 0 aromatic heterocycles. The monoisotopic (exact) mass is 225 g/mol. The first-order valence-corrected chi connectivity index (χ1v) is 5.24. The first-order chi connectivity index (χ1) is 7.41. The summed E-state index contributed by atoms with van der Waals surface area (Å²) in [6.45, 7) is 4.42. The summed E-state index contributed by atoms with van der Waals surface area (Å²) in [4.78, 5) is 0. The Morgan fingerprint density at radius 1 is 1.12 bits per heavy atom. The predicted octanol–water partition coefficient (Wildman–Crippen LogP) is 1.76. The molecule has 1 fully saturated rings. The minimum atomic E-state index is -0.691. The number of nitrogens with two attached hydrogens (primary N) is 1. The number of hydrogen-bond donors (Lipinski definition) is 1. The van der Waals surface area contributed by atoms with Crippen molar-refractivity contribution in [2.45, 2.75) is 25.2 Å². The fraction of sp³-hybridized carbons (Fsp3) is 0.500. The normalized spacial score (nSPS) is 23.0. The Morgan fingerprint density at radius 2 is 1.62 bits per heavy atom. The molecule has 3 nitrogen and oxygen atoms in total. The molecular weight excluding hydrogens is 209 g/mol. The molecule has 1 aliphatic rings. The third kappa shape index (κ3) is 2.24. The van der Waals surface area contributed by atoms with Crippen LogP contribution in [-0.2, 0) is 15.0 Å². The van der Waals surface area contributed by atoms with Crippen LogP contribution < -0.4 is 5.73 Å². The van der Waals surface area contributed by atoms with Crippen LogP contribution in [0.25, 0.3) is 0 Å². The Morgan fingerprint density at radius 3 is 2.12 bits per heavy atom. The first kappa shape index (κ1) is 11.5. The largest absolute Gasteiger partial charge is 0.348 e. The van der Waals surface area contributed by atoms with Crippen LogP contribution in [0.2, 0.25) is 0 Å². The zero-order valence-electron chi connectivity index (χ0n) is 9.50. The van der Waals surface area contributed by atoms with Crippen molar-refractivity contribution in [1.82, 2.24) is 0 Å². The molecule has 0 atom stereocenters. The van der Waals surface area contributed by atoms with Crippen molar-refractivity contribution in [1.29, 1.82) is 0 Å². The molecule has 4 heteroatoms. The summed E-state index contributed by atoms with van der Waals surface area (Å²) in [5.74, 6) is -0.867. The second-order valence-electron chi connectivity index (χ2n) is 4.64. The molecule has 88 valence electrons. The maximum atomic E-state index is 12.8. The molecule has 1 aromatic carbocycles. The molecule has 2 N–H and O–H groups in total. The molecule has 0 saturated carbocycles. The van der Waals surface area contributed by atoms with E-state index in [1.165, 1.54) is 12.1 Å². The lowest BCUT2D eigenvalue weighted by atomic mass is 9.92. The van der Waals surface area contributed by atoms with Crippen LogP contribution in [0.5, 0.6) is 0 Å². The highest BCUT2D eigenvalue weighted by atomic mass is 19.1. The van der Waals surface area contributed by atoms with E-state index in [9.17, 15) is 4.39 Å². The lowest BCUT2D eigenvalue weighted by Crippen LogP contribution is -2.54. The van der Waals surface area contributed by atoms with Crippen molar-refractivity contribution in [3.63, 3.8) is 0 Å². The van der Waals surface area contributed by atoms with E-state index in [2.05, 4.69) is 0 Å². The van der Waals surface area contributed by atoms with Crippen LogP contribution in [0.1, 0.15) is 19.4 Å². The van der Waals surface area contributed by atoms with Gasteiger partial charge in [-0.3, -0.25) is 0 Å². The molecule has 2 rings (SSSR count). The van der Waals surface area contributed by atoms with Gasteiger partial charge in [-0.25, -0.2) is 4.39 Å². The second-order valence-corrected chi connectivity index (χ2v) is 4.64. The maximum Gasteiger partial charge on any atom is 0.162 e. The van der Waals surface area contributed by atoms with Gasteiger partial charge < -0.3 is 15.2 Å². The van der Waals surface area contributed by atoms with Gasteiger partial charge in [-0.05, 0) is 31.5 Å². The lowest BCUT2D eigenvalue weighted by Gasteiger charge is -2.41. The highest BCUT2D eigenvalue weighted by Gasteiger charge is 2.38. The van der Waals surface area contributed by atoms with Gasteiger partial charge in [0.25, 0.3) is 0 Å². The number of halogens is 1. The van der Waals surface area contributed by atoms with E-state index in [0.717, 1.165) is 5.56 Å². The second kappa shape index (κ2) is 3.80. The van der Waals surface area contributed by atoms with Crippen LogP contribution in [-0.4, -0.2) is 19.0 Å². The van der Waals surface area contributed by atoms with Crippen molar-refractivity contribution in [3.8, 4) is 0 Å². The maximum absolute atomic E-state index is 12.8. The van der Waals surface area contributed by atoms with Crippen LogP contribution >= 0.6 is 0 Å². The zero-order valence-corrected chi connectivity index (χ0v) is 9.50. The quantitative estimate of drug-likeness (QED) is 0.792. The summed E-state index contributed by atoms with van der Waals surface area (Å²) in [6, 6.07) is 6.12. The third-order valence-corrected chi connectivity index (χ3v) is 2.77. The van der Waals surface area contributed by atoms with Gasteiger partial charge in [0.05, 0.1) is 18.8 Å². The standard InChI is InChI=1S/C12H16FNO2/c1-11(2)15-7-12(14,8-16-11)9-3-5-10(13)6-4-9/h3-6H,7-8,14H2,1-2H3. The molecule has 1 aromatic rings. The SMILES string of the molecule is CC1(C)OCC(N)(c2ccc(F)cc2)CO1. The van der Waals surface area contributed by atoms with Crippen LogP contribution in [0, 0.1) is 5.82 Å². The minimum absolute atomic E-state index is 0.273. The topological polar surface area (TPSA) is 44.5 Å². The van der Waals surface area contributed by atoms with Gasteiger partial charge in [-0.15, -0.1) is 0 Å². The highest BCUT2D eigenvalue weighted by molar-refractivity contribution is 5.25. The third-order valence-electron chi connectivity index (χ3n) is 2.77. The van der Waals surface area contributed by atoms with Crippen molar-refractivity contribution in [2.75, 3.05) is 13.2 Å². The van der Waals surface area contributed by atoms with Gasteiger partial charge in [0.2, 0.25) is 0 Å². The van der Waals surface area contributed by atoms with Gasteiger partial charge in [0.1, 0.15) is 5.82 Å². The van der Waals surface area contributed by atoms with E-state index in [-0.39, 0.29) is 5.82 Å². The summed E-state index contributed by atoms with van der Waals surface area (Å²) in [5.41, 5.74) is 6.31. The summed E-state index contributed by atoms with van der Waals surface area (Å²) in [5, 5.41) is 0. The van der Waals surface area contributed by atoms with Crippen molar-refractivity contribution < 1.29 is 13.9 Å². The number of benzene rings is 1. The Hall–Kier alpha value is -0.970. The van der Waals surface area contributed by atoms with E-state index >= 15 is 0 Å². The summed E-state index contributed by atoms with van der Waals surface area (Å²) >= 11 is 0. The first-order valence-electron chi connectivity index (χ1n) is 5.24. The zero-order chi connectivity index (χ0) is 11.8. The van der Waals surface area contributed by atoms with Crippen molar-refractivity contribution in [3.05, 3.63) is 35.6 Å². The molecule has 0 aliphatic carbocycles.